The number of aliphatic hydroxyl groups is 3. The van der Waals surface area contributed by atoms with Crippen molar-refractivity contribution in [2.24, 2.45) is 0 Å². The fourth-order valence-electron chi connectivity index (χ4n) is 1.45. The second-order valence-corrected chi connectivity index (χ2v) is 6.63. The zero-order chi connectivity index (χ0) is 19.8. The summed E-state index contributed by atoms with van der Waals surface area (Å²) in [5.74, 6) is 0. The number of nitrogens with one attached hydrogen (secondary N) is 1. The largest absolute Gasteiger partial charge is 0.454 e. The predicted molar refractivity (Wildman–Crippen MR) is 105 cm³/mol. The fourth-order valence-corrected chi connectivity index (χ4v) is 1.45. The molecule has 0 amide bonds. The molecule has 0 atom stereocenters. The summed E-state index contributed by atoms with van der Waals surface area (Å²) in [6.45, 7) is 19.3. The van der Waals surface area contributed by atoms with Crippen LogP contribution in [-0.2, 0) is 37.0 Å². The molecule has 0 aromatic carbocycles. The van der Waals surface area contributed by atoms with Crippen LogP contribution in [0.5, 0.6) is 0 Å². The number of hydrogen-bond acceptors (Lipinski definition) is 3. The smallest absolute Gasteiger partial charge is 0.0402 e. The molecule has 1 heterocycles. The minimum Gasteiger partial charge on any atom is -0.454 e. The van der Waals surface area contributed by atoms with Crippen molar-refractivity contribution in [3.63, 3.8) is 0 Å². The van der Waals surface area contributed by atoms with E-state index < -0.39 is 0 Å². The third kappa shape index (κ3) is 16.0. The van der Waals surface area contributed by atoms with Crippen molar-refractivity contribution in [1.82, 2.24) is 4.98 Å². The van der Waals surface area contributed by atoms with Gasteiger partial charge in [0.05, 0.1) is 0 Å². The van der Waals surface area contributed by atoms with Gasteiger partial charge in [-0.05, 0) is 32.6 Å². The molecule has 0 saturated heterocycles. The molecule has 0 aliphatic carbocycles. The van der Waals surface area contributed by atoms with Crippen molar-refractivity contribution in [2.75, 3.05) is 19.8 Å². The van der Waals surface area contributed by atoms with E-state index in [9.17, 15) is 0 Å². The molecular weight excluding hydrogens is 393 g/mol. The molecule has 1 aromatic heterocycles. The Hall–Kier alpha value is 0.0431. The molecule has 4 nitrogen and oxygen atoms in total. The van der Waals surface area contributed by atoms with Gasteiger partial charge in [-0.2, -0.15) is 0 Å². The van der Waals surface area contributed by atoms with Gasteiger partial charge in [0.25, 0.3) is 0 Å². The third-order valence-electron chi connectivity index (χ3n) is 3.79. The van der Waals surface area contributed by atoms with E-state index in [1.54, 1.807) is 20.8 Å². The Morgan fingerprint density at radius 3 is 1.40 bits per heavy atom. The van der Waals surface area contributed by atoms with Crippen LogP contribution in [0.1, 0.15) is 86.5 Å². The fraction of sp³-hybridized carbons (Fsp3) is 0.800. The molecule has 1 aromatic rings. The first kappa shape index (κ1) is 32.7. The molecule has 0 bridgehead atoms. The van der Waals surface area contributed by atoms with Crippen LogP contribution in [-0.4, -0.2) is 40.1 Å². The number of aliphatic hydroxyl groups excluding tert-OH is 3. The average Bonchev–Trinajstić information content (AvgIpc) is 3.01. The molecule has 5 heteroatoms. The molecule has 150 valence electrons. The van der Waals surface area contributed by atoms with Gasteiger partial charge < -0.3 is 20.3 Å². The zero-order valence-electron chi connectivity index (χ0n) is 18.0. The number of H-pyrrole nitrogens is 1. The second kappa shape index (κ2) is 18.8. The van der Waals surface area contributed by atoms with Crippen molar-refractivity contribution in [2.45, 2.75) is 86.0 Å². The summed E-state index contributed by atoms with van der Waals surface area (Å²) in [5, 5.41) is 22.7. The van der Waals surface area contributed by atoms with Gasteiger partial charge in [0.15, 0.2) is 0 Å². The molecule has 0 spiro atoms. The maximum atomic E-state index is 7.57. The molecule has 0 unspecified atom stereocenters. The second-order valence-electron chi connectivity index (χ2n) is 6.63. The van der Waals surface area contributed by atoms with Crippen molar-refractivity contribution < 1.29 is 41.5 Å². The first-order valence-corrected chi connectivity index (χ1v) is 9.02. The Balaban J connectivity index is -0.000000186. The van der Waals surface area contributed by atoms with Crippen molar-refractivity contribution in [3.05, 3.63) is 23.5 Å². The van der Waals surface area contributed by atoms with Gasteiger partial charge in [-0.25, -0.2) is 12.1 Å². The minimum atomic E-state index is 0. The minimum absolute atomic E-state index is 0. The standard InChI is InChI=1S/C14H24N.3C2H6O.Zr/c1-7-13(3,4)11-9-10-12(15-11)14(5,6)8-2;3*1-2-3;/h9,15H,7-8H2,1-6H3;3*3H,2H2,1H3;/q-1;;;;. The van der Waals surface area contributed by atoms with E-state index in [1.165, 1.54) is 11.4 Å². The molecule has 25 heavy (non-hydrogen) atoms. The molecule has 0 aliphatic heterocycles. The maximum absolute atomic E-state index is 7.57. The summed E-state index contributed by atoms with van der Waals surface area (Å²) < 4.78 is 0. The molecule has 1 rings (SSSR count). The van der Waals surface area contributed by atoms with E-state index in [4.69, 9.17) is 15.3 Å². The van der Waals surface area contributed by atoms with Crippen LogP contribution in [0.4, 0.5) is 0 Å². The quantitative estimate of drug-likeness (QED) is 0.536. The van der Waals surface area contributed by atoms with E-state index in [1.807, 2.05) is 0 Å². The summed E-state index contributed by atoms with van der Waals surface area (Å²) in [7, 11) is 0. The van der Waals surface area contributed by atoms with Gasteiger partial charge >= 0.3 is 0 Å². The number of aromatic amines is 1. The summed E-state index contributed by atoms with van der Waals surface area (Å²) in [6.07, 6.45) is 2.28. The van der Waals surface area contributed by atoms with Crippen LogP contribution in [0.15, 0.2) is 6.07 Å². The first-order valence-electron chi connectivity index (χ1n) is 9.02. The van der Waals surface area contributed by atoms with Gasteiger partial charge in [0.2, 0.25) is 0 Å². The van der Waals surface area contributed by atoms with Crippen LogP contribution in [0.3, 0.4) is 0 Å². The topological polar surface area (TPSA) is 76.5 Å². The Bertz CT molecular complexity index is 342. The SMILES string of the molecule is CCC(C)(C)c1[c-]cc(C(C)(C)CC)[nH]1.CCO.CCO.CCO.[Zr]. The van der Waals surface area contributed by atoms with Crippen molar-refractivity contribution >= 4 is 0 Å². The van der Waals surface area contributed by atoms with Gasteiger partial charge in [0.1, 0.15) is 0 Å². The molecule has 0 aliphatic rings. The van der Waals surface area contributed by atoms with E-state index >= 15 is 0 Å². The van der Waals surface area contributed by atoms with Crippen LogP contribution in [0, 0.1) is 6.07 Å². The average molecular weight is 436 g/mol. The Labute approximate surface area is 175 Å². The van der Waals surface area contributed by atoms with Crippen LogP contribution >= 0.6 is 0 Å². The van der Waals surface area contributed by atoms with Gasteiger partial charge in [-0.3, -0.25) is 0 Å². The number of aromatic nitrogens is 1. The van der Waals surface area contributed by atoms with Crippen molar-refractivity contribution in [1.29, 1.82) is 0 Å². The maximum Gasteiger partial charge on any atom is 0.0402 e. The molecule has 0 saturated carbocycles. The van der Waals surface area contributed by atoms with E-state index in [2.05, 4.69) is 58.7 Å². The number of rotatable bonds is 4. The molecule has 0 radical (unpaired) electrons. The monoisotopic (exact) mass is 434 g/mol. The number of hydrogen-bond donors (Lipinski definition) is 4. The predicted octanol–water partition coefficient (Wildman–Crippen LogP) is 4.18. The summed E-state index contributed by atoms with van der Waals surface area (Å²) >= 11 is 0. The molecule has 0 fully saturated rings. The summed E-state index contributed by atoms with van der Waals surface area (Å²) in [6, 6.07) is 5.50. The zero-order valence-corrected chi connectivity index (χ0v) is 20.4. The normalized spacial score (nSPS) is 10.1. The third-order valence-corrected chi connectivity index (χ3v) is 3.79. The van der Waals surface area contributed by atoms with E-state index in [0.29, 0.717) is 0 Å². The summed E-state index contributed by atoms with van der Waals surface area (Å²) in [5.41, 5.74) is 2.99. The molecular formula is C20H42NO3Zr-. The Morgan fingerprint density at radius 2 is 1.12 bits per heavy atom. The van der Waals surface area contributed by atoms with Crippen LogP contribution < -0.4 is 0 Å². The summed E-state index contributed by atoms with van der Waals surface area (Å²) in [4.78, 5) is 3.54. The van der Waals surface area contributed by atoms with Gasteiger partial charge in [-0.15, -0.1) is 5.69 Å². The van der Waals surface area contributed by atoms with Crippen LogP contribution in [0.25, 0.3) is 0 Å². The molecule has 4 N–H and O–H groups in total. The first-order chi connectivity index (χ1) is 11.1. The van der Waals surface area contributed by atoms with Gasteiger partial charge in [0, 0.05) is 46.0 Å². The van der Waals surface area contributed by atoms with E-state index in [-0.39, 0.29) is 56.9 Å². The van der Waals surface area contributed by atoms with E-state index in [0.717, 1.165) is 12.8 Å². The van der Waals surface area contributed by atoms with Gasteiger partial charge in [-0.1, -0.05) is 59.1 Å². The Kier molecular flexibility index (Phi) is 24.6. The Morgan fingerprint density at radius 1 is 0.800 bits per heavy atom. The van der Waals surface area contributed by atoms with Crippen molar-refractivity contribution in [3.8, 4) is 0 Å². The van der Waals surface area contributed by atoms with Crippen LogP contribution in [0.2, 0.25) is 0 Å².